The molecule has 0 spiro atoms. The Labute approximate surface area is 178 Å². The topological polar surface area (TPSA) is 63.2 Å². The molecule has 3 aromatic rings. The predicted molar refractivity (Wildman–Crippen MR) is 118 cm³/mol. The Bertz CT molecular complexity index is 941. The molecule has 1 saturated heterocycles. The fourth-order valence-electron chi connectivity index (χ4n) is 4.33. The number of aromatic nitrogens is 4. The van der Waals surface area contributed by atoms with E-state index in [1.165, 1.54) is 16.8 Å². The predicted octanol–water partition coefficient (Wildman–Crippen LogP) is 3.84. The number of hydrogen-bond donors (Lipinski definition) is 0. The molecule has 1 atom stereocenters. The summed E-state index contributed by atoms with van der Waals surface area (Å²) < 4.78 is 7.41. The Kier molecular flexibility index (Phi) is 6.18. The number of benzene rings is 1. The summed E-state index contributed by atoms with van der Waals surface area (Å²) in [6, 6.07) is 10.7. The van der Waals surface area contributed by atoms with Gasteiger partial charge in [-0.3, -0.25) is 4.90 Å². The lowest BCUT2D eigenvalue weighted by molar-refractivity contribution is 0.153. The summed E-state index contributed by atoms with van der Waals surface area (Å²) in [6.45, 7) is 13.5. The Morgan fingerprint density at radius 3 is 2.53 bits per heavy atom. The van der Waals surface area contributed by atoms with E-state index < -0.39 is 0 Å². The first-order chi connectivity index (χ1) is 14.5. The molecule has 1 aromatic carbocycles. The Balaban J connectivity index is 1.51. The van der Waals surface area contributed by atoms with E-state index in [9.17, 15) is 0 Å². The molecular formula is C23H32N6O. The number of rotatable bonds is 7. The number of anilines is 1. The molecule has 1 aliphatic heterocycles. The second-order valence-electron chi connectivity index (χ2n) is 8.66. The number of nitrogens with zero attached hydrogens (tertiary/aromatic N) is 6. The van der Waals surface area contributed by atoms with E-state index in [1.807, 2.05) is 16.8 Å². The molecule has 1 fully saturated rings. The lowest BCUT2D eigenvalue weighted by atomic mass is 10.0. The summed E-state index contributed by atoms with van der Waals surface area (Å²) in [5.74, 6) is 2.35. The second kappa shape index (κ2) is 9.00. The van der Waals surface area contributed by atoms with Crippen molar-refractivity contribution in [3.63, 3.8) is 0 Å². The minimum Gasteiger partial charge on any atom is -0.467 e. The van der Waals surface area contributed by atoms with Crippen molar-refractivity contribution >= 4 is 5.69 Å². The molecule has 0 amide bonds. The summed E-state index contributed by atoms with van der Waals surface area (Å²) in [5, 5.41) is 12.7. The molecule has 0 saturated carbocycles. The average molecular weight is 409 g/mol. The summed E-state index contributed by atoms with van der Waals surface area (Å²) in [5.41, 5.74) is 4.09. The third-order valence-electron chi connectivity index (χ3n) is 6.11. The van der Waals surface area contributed by atoms with Crippen LogP contribution >= 0.6 is 0 Å². The van der Waals surface area contributed by atoms with Crippen molar-refractivity contribution in [1.82, 2.24) is 25.1 Å². The lowest BCUT2D eigenvalue weighted by Gasteiger charge is -2.40. The molecule has 0 bridgehead atoms. The van der Waals surface area contributed by atoms with Crippen molar-refractivity contribution in [2.75, 3.05) is 31.1 Å². The van der Waals surface area contributed by atoms with Gasteiger partial charge >= 0.3 is 0 Å². The first kappa shape index (κ1) is 20.6. The zero-order valence-electron chi connectivity index (χ0n) is 18.5. The van der Waals surface area contributed by atoms with Crippen LogP contribution < -0.4 is 4.90 Å². The average Bonchev–Trinajstić information content (AvgIpc) is 3.41. The minimum absolute atomic E-state index is 0.204. The molecule has 4 rings (SSSR count). The Hall–Kier alpha value is -2.67. The first-order valence-electron chi connectivity index (χ1n) is 10.9. The van der Waals surface area contributed by atoms with Gasteiger partial charge in [0.15, 0.2) is 5.82 Å². The molecule has 7 nitrogen and oxygen atoms in total. The van der Waals surface area contributed by atoms with E-state index in [0.717, 1.165) is 44.2 Å². The van der Waals surface area contributed by atoms with Gasteiger partial charge in [0.1, 0.15) is 12.3 Å². The smallest absolute Gasteiger partial charge is 0.168 e. The number of furan rings is 1. The van der Waals surface area contributed by atoms with Gasteiger partial charge in [0.2, 0.25) is 0 Å². The van der Waals surface area contributed by atoms with Gasteiger partial charge in [0, 0.05) is 31.9 Å². The molecular weight excluding hydrogens is 376 g/mol. The Morgan fingerprint density at radius 2 is 1.83 bits per heavy atom. The van der Waals surface area contributed by atoms with E-state index in [1.54, 1.807) is 6.26 Å². The largest absolute Gasteiger partial charge is 0.467 e. The molecule has 1 aliphatic rings. The van der Waals surface area contributed by atoms with Crippen LogP contribution in [0.1, 0.15) is 49.0 Å². The number of piperazine rings is 1. The van der Waals surface area contributed by atoms with E-state index in [2.05, 4.69) is 71.2 Å². The van der Waals surface area contributed by atoms with Crippen LogP contribution in [-0.2, 0) is 6.54 Å². The molecule has 30 heavy (non-hydrogen) atoms. The van der Waals surface area contributed by atoms with Crippen molar-refractivity contribution in [2.45, 2.75) is 46.7 Å². The van der Waals surface area contributed by atoms with Gasteiger partial charge in [0.25, 0.3) is 0 Å². The zero-order valence-corrected chi connectivity index (χ0v) is 18.5. The number of aryl methyl sites for hydroxylation is 1. The molecule has 2 aromatic heterocycles. The third kappa shape index (κ3) is 4.41. The summed E-state index contributed by atoms with van der Waals surface area (Å²) in [4.78, 5) is 5.06. The monoisotopic (exact) mass is 408 g/mol. The van der Waals surface area contributed by atoms with Crippen LogP contribution in [0.5, 0.6) is 0 Å². The molecule has 7 heteroatoms. The highest BCUT2D eigenvalue weighted by Crippen LogP contribution is 2.30. The second-order valence-corrected chi connectivity index (χ2v) is 8.66. The number of hydrogen-bond acceptors (Lipinski definition) is 6. The maximum absolute atomic E-state index is 5.52. The van der Waals surface area contributed by atoms with Crippen LogP contribution in [0.25, 0.3) is 0 Å². The normalized spacial score (nSPS) is 16.4. The standard InChI is InChI=1S/C23H32N6O/c1-17(2)15-22(23-24-25-26-29(23)16-20-8-6-14-30-20)28-12-10-27(11-13-28)21-9-5-7-18(3)19(21)4/h5-9,14,17,22H,10-13,15-16H2,1-4H3/t22-/m0/s1. The third-order valence-corrected chi connectivity index (χ3v) is 6.11. The van der Waals surface area contributed by atoms with Gasteiger partial charge in [-0.1, -0.05) is 26.0 Å². The van der Waals surface area contributed by atoms with E-state index in [0.29, 0.717) is 12.5 Å². The zero-order chi connectivity index (χ0) is 21.1. The Morgan fingerprint density at radius 1 is 1.03 bits per heavy atom. The van der Waals surface area contributed by atoms with Gasteiger partial charge in [-0.2, -0.15) is 0 Å². The molecule has 0 radical (unpaired) electrons. The van der Waals surface area contributed by atoms with E-state index in [-0.39, 0.29) is 6.04 Å². The van der Waals surface area contributed by atoms with Crippen molar-refractivity contribution in [2.24, 2.45) is 5.92 Å². The highest BCUT2D eigenvalue weighted by Gasteiger charge is 2.30. The molecule has 0 unspecified atom stereocenters. The lowest BCUT2D eigenvalue weighted by Crippen LogP contribution is -2.48. The van der Waals surface area contributed by atoms with Gasteiger partial charge < -0.3 is 9.32 Å². The van der Waals surface area contributed by atoms with Crippen LogP contribution in [0.4, 0.5) is 5.69 Å². The summed E-state index contributed by atoms with van der Waals surface area (Å²) in [6.07, 6.45) is 2.72. The van der Waals surface area contributed by atoms with Crippen LogP contribution in [0.2, 0.25) is 0 Å². The SMILES string of the molecule is Cc1cccc(N2CCN([C@@H](CC(C)C)c3nnnn3Cc3ccco3)CC2)c1C. The highest BCUT2D eigenvalue weighted by molar-refractivity contribution is 5.56. The van der Waals surface area contributed by atoms with Crippen molar-refractivity contribution in [1.29, 1.82) is 0 Å². The van der Waals surface area contributed by atoms with Crippen LogP contribution in [-0.4, -0.2) is 51.3 Å². The maximum Gasteiger partial charge on any atom is 0.168 e. The number of tetrazole rings is 1. The van der Waals surface area contributed by atoms with E-state index in [4.69, 9.17) is 4.42 Å². The fraction of sp³-hybridized carbons (Fsp3) is 0.522. The minimum atomic E-state index is 0.204. The highest BCUT2D eigenvalue weighted by atomic mass is 16.3. The van der Waals surface area contributed by atoms with Crippen LogP contribution in [0.3, 0.4) is 0 Å². The molecule has 160 valence electrons. The van der Waals surface area contributed by atoms with Crippen molar-refractivity contribution < 1.29 is 4.42 Å². The van der Waals surface area contributed by atoms with Crippen molar-refractivity contribution in [3.05, 3.63) is 59.3 Å². The molecule has 0 aliphatic carbocycles. The van der Waals surface area contributed by atoms with Gasteiger partial charge in [0.05, 0.1) is 12.3 Å². The molecule has 0 N–H and O–H groups in total. The first-order valence-corrected chi connectivity index (χ1v) is 10.9. The fourth-order valence-corrected chi connectivity index (χ4v) is 4.33. The van der Waals surface area contributed by atoms with Gasteiger partial charge in [-0.15, -0.1) is 5.10 Å². The summed E-state index contributed by atoms with van der Waals surface area (Å²) in [7, 11) is 0. The quantitative estimate of drug-likeness (QED) is 0.592. The van der Waals surface area contributed by atoms with Gasteiger partial charge in [-0.25, -0.2) is 4.68 Å². The van der Waals surface area contributed by atoms with Crippen LogP contribution in [0.15, 0.2) is 41.0 Å². The van der Waals surface area contributed by atoms with E-state index >= 15 is 0 Å². The summed E-state index contributed by atoms with van der Waals surface area (Å²) >= 11 is 0. The van der Waals surface area contributed by atoms with Crippen LogP contribution in [0, 0.1) is 19.8 Å². The van der Waals surface area contributed by atoms with Gasteiger partial charge in [-0.05, 0) is 65.9 Å². The molecule has 3 heterocycles. The maximum atomic E-state index is 5.52. The van der Waals surface area contributed by atoms with Crippen molar-refractivity contribution in [3.8, 4) is 0 Å².